The number of hydrogen-bond acceptors (Lipinski definition) is 7. The Bertz CT molecular complexity index is 1610. The summed E-state index contributed by atoms with van der Waals surface area (Å²) in [7, 11) is 1.42. The summed E-state index contributed by atoms with van der Waals surface area (Å²) in [6.45, 7) is 2.24. The van der Waals surface area contributed by atoms with E-state index in [1.54, 1.807) is 24.3 Å². The molecule has 0 saturated heterocycles. The van der Waals surface area contributed by atoms with Crippen LogP contribution >= 0.6 is 11.6 Å². The number of Topliss-reactive ketones (excluding diaryl/α,β-unsaturated/α-hetero) is 3. The summed E-state index contributed by atoms with van der Waals surface area (Å²) in [5.41, 5.74) is 1.04. The normalized spacial score (nSPS) is 13.2. The molecule has 13 heteroatoms. The van der Waals surface area contributed by atoms with Crippen LogP contribution in [0.1, 0.15) is 54.2 Å². The van der Waals surface area contributed by atoms with Gasteiger partial charge in [-0.1, -0.05) is 61.8 Å². The third-order valence-corrected chi connectivity index (χ3v) is 7.85. The Morgan fingerprint density at radius 1 is 0.896 bits per heavy atom. The second-order valence-corrected chi connectivity index (χ2v) is 11.9. The Morgan fingerprint density at radius 2 is 1.52 bits per heavy atom. The number of benzene rings is 3. The van der Waals surface area contributed by atoms with E-state index in [1.165, 1.54) is 69.5 Å². The van der Waals surface area contributed by atoms with Crippen LogP contribution in [-0.2, 0) is 25.6 Å². The van der Waals surface area contributed by atoms with Gasteiger partial charge in [0.05, 0.1) is 7.11 Å². The SMILES string of the molecule is COc1ccc([C@H](NC(=O)[C@@H](CC(=O)c2cccc(Cl)c2)Cc2ccc(OCC(=O)O)cc2)C(=O)C[C@H](C(=O)C(F)(F)F)C(C)C)cc1. The van der Waals surface area contributed by atoms with Crippen LogP contribution in [0.5, 0.6) is 11.5 Å². The van der Waals surface area contributed by atoms with E-state index in [9.17, 15) is 37.1 Å². The third kappa shape index (κ3) is 10.9. The van der Waals surface area contributed by atoms with Gasteiger partial charge in [0.1, 0.15) is 17.5 Å². The fourth-order valence-electron chi connectivity index (χ4n) is 4.99. The molecule has 0 heterocycles. The van der Waals surface area contributed by atoms with Crippen molar-refractivity contribution in [3.05, 3.63) is 94.5 Å². The maximum Gasteiger partial charge on any atom is 0.450 e. The second kappa shape index (κ2) is 16.9. The standard InChI is InChI=1S/C35H35ClF3NO8/c1-20(2)28(33(45)35(37,38)39)18-30(42)32(22-9-13-26(47-3)14-10-22)40-34(46)24(17-29(41)23-5-4-6-25(36)16-23)15-21-7-11-27(12-8-21)48-19-31(43)44/h4-14,16,20,24,28,32H,15,17-19H2,1-3H3,(H,40,46)(H,43,44)/t24-,28+,32+/m1/s1. The summed E-state index contributed by atoms with van der Waals surface area (Å²) in [6.07, 6.45) is -6.29. The molecule has 0 spiro atoms. The topological polar surface area (TPSA) is 136 Å². The molecule has 3 aromatic rings. The van der Waals surface area contributed by atoms with Gasteiger partial charge in [0.2, 0.25) is 11.7 Å². The van der Waals surface area contributed by atoms with Gasteiger partial charge in [-0.15, -0.1) is 0 Å². The molecular weight excluding hydrogens is 655 g/mol. The Labute approximate surface area is 280 Å². The first-order chi connectivity index (χ1) is 22.6. The molecule has 0 unspecified atom stereocenters. The zero-order valence-electron chi connectivity index (χ0n) is 26.4. The highest BCUT2D eigenvalue weighted by Crippen LogP contribution is 2.31. The Hall–Kier alpha value is -4.71. The lowest BCUT2D eigenvalue weighted by molar-refractivity contribution is -0.177. The fraction of sp³-hybridized carbons (Fsp3) is 0.343. The van der Waals surface area contributed by atoms with Crippen molar-refractivity contribution in [2.75, 3.05) is 13.7 Å². The number of carboxylic acid groups (broad SMARTS) is 1. The van der Waals surface area contributed by atoms with E-state index in [2.05, 4.69) is 5.32 Å². The highest BCUT2D eigenvalue weighted by Gasteiger charge is 2.45. The lowest BCUT2D eigenvalue weighted by atomic mass is 9.84. The molecule has 48 heavy (non-hydrogen) atoms. The van der Waals surface area contributed by atoms with Crippen molar-refractivity contribution in [2.45, 2.75) is 45.3 Å². The van der Waals surface area contributed by atoms with Gasteiger partial charge in [0.25, 0.3) is 0 Å². The van der Waals surface area contributed by atoms with Crippen molar-refractivity contribution >= 4 is 40.8 Å². The van der Waals surface area contributed by atoms with Gasteiger partial charge in [0, 0.05) is 35.3 Å². The fourth-order valence-corrected chi connectivity index (χ4v) is 5.18. The number of carboxylic acids is 1. The first kappa shape index (κ1) is 37.7. The molecule has 0 fully saturated rings. The molecule has 0 bridgehead atoms. The van der Waals surface area contributed by atoms with Gasteiger partial charge in [-0.05, 0) is 59.9 Å². The molecule has 3 aromatic carbocycles. The van der Waals surface area contributed by atoms with Gasteiger partial charge in [0.15, 0.2) is 18.2 Å². The Morgan fingerprint density at radius 3 is 2.06 bits per heavy atom. The van der Waals surface area contributed by atoms with Crippen molar-refractivity contribution < 1.29 is 51.7 Å². The maximum atomic E-state index is 13.9. The summed E-state index contributed by atoms with van der Waals surface area (Å²) in [4.78, 5) is 64.0. The molecule has 0 aliphatic carbocycles. The van der Waals surface area contributed by atoms with Crippen LogP contribution in [0.25, 0.3) is 0 Å². The average Bonchev–Trinajstić information content (AvgIpc) is 3.04. The molecule has 0 aromatic heterocycles. The summed E-state index contributed by atoms with van der Waals surface area (Å²) in [6, 6.07) is 16.8. The lowest BCUT2D eigenvalue weighted by Gasteiger charge is -2.26. The number of hydrogen-bond donors (Lipinski definition) is 2. The quantitative estimate of drug-likeness (QED) is 0.154. The molecule has 0 radical (unpaired) electrons. The summed E-state index contributed by atoms with van der Waals surface area (Å²) in [5, 5.41) is 11.8. The largest absolute Gasteiger partial charge is 0.497 e. The molecule has 0 saturated carbocycles. The first-order valence-electron chi connectivity index (χ1n) is 14.9. The van der Waals surface area contributed by atoms with Gasteiger partial charge < -0.3 is 19.9 Å². The average molecular weight is 690 g/mol. The highest BCUT2D eigenvalue weighted by atomic mass is 35.5. The van der Waals surface area contributed by atoms with Crippen molar-refractivity contribution in [3.8, 4) is 11.5 Å². The third-order valence-electron chi connectivity index (χ3n) is 7.62. The van der Waals surface area contributed by atoms with E-state index < -0.39 is 72.2 Å². The van der Waals surface area contributed by atoms with Crippen LogP contribution < -0.4 is 14.8 Å². The highest BCUT2D eigenvalue weighted by molar-refractivity contribution is 6.31. The minimum absolute atomic E-state index is 0.0119. The summed E-state index contributed by atoms with van der Waals surface area (Å²) < 4.78 is 50.6. The number of carbonyl (C=O) groups is 5. The van der Waals surface area contributed by atoms with E-state index in [4.69, 9.17) is 26.2 Å². The molecule has 9 nitrogen and oxygen atoms in total. The van der Waals surface area contributed by atoms with Gasteiger partial charge in [-0.2, -0.15) is 13.2 Å². The van der Waals surface area contributed by atoms with Crippen molar-refractivity contribution in [1.29, 1.82) is 0 Å². The molecule has 0 aliphatic rings. The number of rotatable bonds is 17. The molecular formula is C35H35ClF3NO8. The van der Waals surface area contributed by atoms with Crippen LogP contribution in [0.4, 0.5) is 13.2 Å². The van der Waals surface area contributed by atoms with Crippen LogP contribution in [0.3, 0.4) is 0 Å². The number of ketones is 3. The van der Waals surface area contributed by atoms with Gasteiger partial charge in [-0.25, -0.2) is 4.79 Å². The number of nitrogens with one attached hydrogen (secondary N) is 1. The van der Waals surface area contributed by atoms with Crippen molar-refractivity contribution in [3.63, 3.8) is 0 Å². The zero-order valence-corrected chi connectivity index (χ0v) is 27.1. The number of amides is 1. The lowest BCUT2D eigenvalue weighted by Crippen LogP contribution is -2.41. The van der Waals surface area contributed by atoms with E-state index in [1.807, 2.05) is 0 Å². The molecule has 1 amide bonds. The second-order valence-electron chi connectivity index (χ2n) is 11.5. The molecule has 0 aliphatic heterocycles. The number of methoxy groups -OCH3 is 1. The van der Waals surface area contributed by atoms with Gasteiger partial charge in [-0.3, -0.25) is 19.2 Å². The van der Waals surface area contributed by atoms with E-state index in [-0.39, 0.29) is 29.7 Å². The maximum absolute atomic E-state index is 13.9. The smallest absolute Gasteiger partial charge is 0.450 e. The van der Waals surface area contributed by atoms with Crippen molar-refractivity contribution in [1.82, 2.24) is 5.32 Å². The van der Waals surface area contributed by atoms with Crippen LogP contribution in [0.2, 0.25) is 5.02 Å². The molecule has 3 rings (SSSR count). The molecule has 256 valence electrons. The first-order valence-corrected chi connectivity index (χ1v) is 15.3. The predicted octanol–water partition coefficient (Wildman–Crippen LogP) is 6.46. The van der Waals surface area contributed by atoms with E-state index in [0.717, 1.165) is 0 Å². The summed E-state index contributed by atoms with van der Waals surface area (Å²) in [5.74, 6) is -8.11. The number of carbonyl (C=O) groups excluding carboxylic acids is 4. The zero-order chi connectivity index (χ0) is 35.6. The number of aliphatic carboxylic acids is 1. The van der Waals surface area contributed by atoms with Crippen molar-refractivity contribution in [2.24, 2.45) is 17.8 Å². The summed E-state index contributed by atoms with van der Waals surface area (Å²) >= 11 is 6.06. The predicted molar refractivity (Wildman–Crippen MR) is 170 cm³/mol. The Balaban J connectivity index is 1.96. The monoisotopic (exact) mass is 689 g/mol. The van der Waals surface area contributed by atoms with Crippen LogP contribution in [0, 0.1) is 17.8 Å². The van der Waals surface area contributed by atoms with Crippen LogP contribution in [0.15, 0.2) is 72.8 Å². The molecule has 2 N–H and O–H groups in total. The minimum atomic E-state index is -5.16. The molecule has 3 atom stereocenters. The van der Waals surface area contributed by atoms with E-state index >= 15 is 0 Å². The van der Waals surface area contributed by atoms with Gasteiger partial charge >= 0.3 is 12.1 Å². The Kier molecular flexibility index (Phi) is 13.3. The number of halogens is 4. The number of ether oxygens (including phenoxy) is 2. The van der Waals surface area contributed by atoms with E-state index in [0.29, 0.717) is 16.3 Å². The minimum Gasteiger partial charge on any atom is -0.497 e. The van der Waals surface area contributed by atoms with Crippen LogP contribution in [-0.4, -0.2) is 54.2 Å². The number of alkyl halides is 3.